The van der Waals surface area contributed by atoms with Crippen molar-refractivity contribution in [3.63, 3.8) is 0 Å². The number of nitrogens with zero attached hydrogens (tertiary/aromatic N) is 1. The van der Waals surface area contributed by atoms with Gasteiger partial charge < -0.3 is 19.8 Å². The number of H-pyrrole nitrogens is 1. The summed E-state index contributed by atoms with van der Waals surface area (Å²) in [5, 5.41) is 8.66. The second-order valence-electron chi connectivity index (χ2n) is 5.74. The average molecular weight is 382 g/mol. The summed E-state index contributed by atoms with van der Waals surface area (Å²) in [4.78, 5) is 3.34. The van der Waals surface area contributed by atoms with E-state index in [1.165, 1.54) is 0 Å². The molecule has 6 nitrogen and oxygen atoms in total. The zero-order chi connectivity index (χ0) is 19.2. The number of methoxy groups -OCH3 is 2. The number of nitrogens with one attached hydrogen (secondary N) is 3. The van der Waals surface area contributed by atoms with Crippen LogP contribution in [-0.2, 0) is 0 Å². The normalized spacial score (nSPS) is 10.9. The molecule has 0 unspecified atom stereocenters. The number of hydrogen-bond acceptors (Lipinski definition) is 4. The molecule has 0 aliphatic heterocycles. The summed E-state index contributed by atoms with van der Waals surface area (Å²) in [5.41, 5.74) is 6.64. The molecule has 0 spiro atoms. The first kappa shape index (κ1) is 18.7. The Kier molecular flexibility index (Phi) is 5.93. The molecule has 3 rings (SSSR count). The minimum atomic E-state index is 0.467. The highest BCUT2D eigenvalue weighted by atomic mass is 32.1. The molecular formula is C20H22N4O2S. The monoisotopic (exact) mass is 382 g/mol. The maximum absolute atomic E-state index is 5.63. The Labute approximate surface area is 163 Å². The first-order chi connectivity index (χ1) is 13.2. The SMILES string of the molecule is CCNC(=S)N/N=C/c1c(OC)cc(OC)c2c(-c3ccccc3)c[nH]c12. The van der Waals surface area contributed by atoms with Crippen LogP contribution < -0.4 is 20.2 Å². The third-order valence-corrected chi connectivity index (χ3v) is 4.38. The Morgan fingerprint density at radius 3 is 2.59 bits per heavy atom. The molecule has 0 amide bonds. The van der Waals surface area contributed by atoms with Crippen molar-refractivity contribution in [2.75, 3.05) is 20.8 Å². The van der Waals surface area contributed by atoms with E-state index in [1.807, 2.05) is 37.4 Å². The van der Waals surface area contributed by atoms with Crippen LogP contribution >= 0.6 is 12.2 Å². The fourth-order valence-electron chi connectivity index (χ4n) is 2.94. The van der Waals surface area contributed by atoms with E-state index in [0.29, 0.717) is 10.9 Å². The van der Waals surface area contributed by atoms with Gasteiger partial charge in [0.25, 0.3) is 0 Å². The number of aromatic amines is 1. The van der Waals surface area contributed by atoms with Gasteiger partial charge >= 0.3 is 0 Å². The lowest BCUT2D eigenvalue weighted by molar-refractivity contribution is 0.397. The van der Waals surface area contributed by atoms with Gasteiger partial charge in [-0.1, -0.05) is 30.3 Å². The van der Waals surface area contributed by atoms with Crippen LogP contribution in [0, 0.1) is 0 Å². The number of hydrogen-bond donors (Lipinski definition) is 3. The lowest BCUT2D eigenvalue weighted by Crippen LogP contribution is -2.31. The standard InChI is InChI=1S/C20H22N4O2S/c1-4-21-20(27)24-23-12-15-16(25-2)10-17(26-3)18-14(11-22-19(15)18)13-8-6-5-7-9-13/h5-12,22H,4H2,1-3H3,(H2,21,24,27)/b23-12+. The van der Waals surface area contributed by atoms with Crippen molar-refractivity contribution in [1.29, 1.82) is 0 Å². The molecule has 0 atom stereocenters. The van der Waals surface area contributed by atoms with E-state index in [1.54, 1.807) is 20.4 Å². The fourth-order valence-corrected chi connectivity index (χ4v) is 3.14. The van der Waals surface area contributed by atoms with Crippen molar-refractivity contribution >= 4 is 34.4 Å². The third kappa shape index (κ3) is 3.88. The van der Waals surface area contributed by atoms with Gasteiger partial charge in [-0.2, -0.15) is 5.10 Å². The molecule has 7 heteroatoms. The number of hydrazone groups is 1. The Balaban J connectivity index is 2.11. The van der Waals surface area contributed by atoms with Crippen LogP contribution in [0.25, 0.3) is 22.0 Å². The second-order valence-corrected chi connectivity index (χ2v) is 6.15. The van der Waals surface area contributed by atoms with Crippen LogP contribution in [0.2, 0.25) is 0 Å². The molecule has 140 valence electrons. The zero-order valence-corrected chi connectivity index (χ0v) is 16.3. The molecule has 0 bridgehead atoms. The first-order valence-corrected chi connectivity index (χ1v) is 8.98. The molecule has 0 aliphatic rings. The number of rotatable bonds is 6. The van der Waals surface area contributed by atoms with Gasteiger partial charge in [0, 0.05) is 24.4 Å². The van der Waals surface area contributed by atoms with Gasteiger partial charge in [0.15, 0.2) is 5.11 Å². The Morgan fingerprint density at radius 1 is 1.19 bits per heavy atom. The molecule has 0 fully saturated rings. The smallest absolute Gasteiger partial charge is 0.186 e. The first-order valence-electron chi connectivity index (χ1n) is 8.58. The van der Waals surface area contributed by atoms with E-state index < -0.39 is 0 Å². The maximum atomic E-state index is 5.63. The lowest BCUT2D eigenvalue weighted by atomic mass is 10.0. The maximum Gasteiger partial charge on any atom is 0.186 e. The predicted molar refractivity (Wildman–Crippen MR) is 114 cm³/mol. The molecule has 2 aromatic carbocycles. The van der Waals surface area contributed by atoms with Crippen molar-refractivity contribution in [3.8, 4) is 22.6 Å². The zero-order valence-electron chi connectivity index (χ0n) is 15.5. The van der Waals surface area contributed by atoms with Gasteiger partial charge in [-0.25, -0.2) is 0 Å². The average Bonchev–Trinajstić information content (AvgIpc) is 3.14. The highest BCUT2D eigenvalue weighted by Gasteiger charge is 2.18. The van der Waals surface area contributed by atoms with Crippen LogP contribution in [0.1, 0.15) is 12.5 Å². The van der Waals surface area contributed by atoms with Gasteiger partial charge in [0.05, 0.1) is 36.9 Å². The van der Waals surface area contributed by atoms with Crippen molar-refractivity contribution in [2.24, 2.45) is 5.10 Å². The highest BCUT2D eigenvalue weighted by molar-refractivity contribution is 7.80. The van der Waals surface area contributed by atoms with Gasteiger partial charge in [-0.3, -0.25) is 5.43 Å². The minimum Gasteiger partial charge on any atom is -0.496 e. The summed E-state index contributed by atoms with van der Waals surface area (Å²) in [6.07, 6.45) is 3.66. The molecule has 1 heterocycles. The summed E-state index contributed by atoms with van der Waals surface area (Å²) in [6, 6.07) is 12.0. The van der Waals surface area contributed by atoms with Crippen LogP contribution in [0.3, 0.4) is 0 Å². The lowest BCUT2D eigenvalue weighted by Gasteiger charge is -2.12. The molecule has 1 aromatic heterocycles. The quantitative estimate of drug-likeness (QED) is 0.345. The summed E-state index contributed by atoms with van der Waals surface area (Å²) in [6.45, 7) is 2.70. The Morgan fingerprint density at radius 2 is 1.93 bits per heavy atom. The predicted octanol–water partition coefficient (Wildman–Crippen LogP) is 3.67. The summed E-state index contributed by atoms with van der Waals surface area (Å²) < 4.78 is 11.2. The van der Waals surface area contributed by atoms with Crippen LogP contribution in [0.4, 0.5) is 0 Å². The summed E-state index contributed by atoms with van der Waals surface area (Å²) >= 11 is 5.14. The minimum absolute atomic E-state index is 0.467. The van der Waals surface area contributed by atoms with Gasteiger partial charge in [0.2, 0.25) is 0 Å². The van der Waals surface area contributed by atoms with Crippen molar-refractivity contribution < 1.29 is 9.47 Å². The Hall–Kier alpha value is -3.06. The van der Waals surface area contributed by atoms with Crippen LogP contribution in [0.15, 0.2) is 47.7 Å². The molecule has 3 N–H and O–H groups in total. The number of ether oxygens (including phenoxy) is 2. The van der Waals surface area contributed by atoms with E-state index >= 15 is 0 Å². The number of aromatic nitrogens is 1. The molecular weight excluding hydrogens is 360 g/mol. The molecule has 0 aliphatic carbocycles. The Bertz CT molecular complexity index is 967. The number of fused-ring (bicyclic) bond motifs is 1. The van der Waals surface area contributed by atoms with Gasteiger partial charge in [0.1, 0.15) is 11.5 Å². The van der Waals surface area contributed by atoms with Crippen LogP contribution in [-0.4, -0.2) is 37.1 Å². The van der Waals surface area contributed by atoms with E-state index in [0.717, 1.165) is 39.9 Å². The summed E-state index contributed by atoms with van der Waals surface area (Å²) in [5.74, 6) is 1.39. The van der Waals surface area contributed by atoms with Crippen molar-refractivity contribution in [2.45, 2.75) is 6.92 Å². The highest BCUT2D eigenvalue weighted by Crippen LogP contribution is 2.40. The third-order valence-electron chi connectivity index (χ3n) is 4.15. The van der Waals surface area contributed by atoms with Gasteiger partial charge in [-0.05, 0) is 24.7 Å². The van der Waals surface area contributed by atoms with E-state index in [4.69, 9.17) is 21.7 Å². The number of thiocarbonyl (C=S) groups is 1. The van der Waals surface area contributed by atoms with Crippen LogP contribution in [0.5, 0.6) is 11.5 Å². The van der Waals surface area contributed by atoms with Gasteiger partial charge in [-0.15, -0.1) is 0 Å². The topological polar surface area (TPSA) is 70.7 Å². The molecule has 0 saturated carbocycles. The summed E-state index contributed by atoms with van der Waals surface area (Å²) in [7, 11) is 3.27. The molecule has 27 heavy (non-hydrogen) atoms. The van der Waals surface area contributed by atoms with E-state index in [9.17, 15) is 0 Å². The second kappa shape index (κ2) is 8.55. The number of benzene rings is 2. The van der Waals surface area contributed by atoms with E-state index in [2.05, 4.69) is 33.0 Å². The van der Waals surface area contributed by atoms with Crippen molar-refractivity contribution in [3.05, 3.63) is 48.2 Å². The largest absolute Gasteiger partial charge is 0.496 e. The fraction of sp³-hybridized carbons (Fsp3) is 0.200. The molecule has 0 radical (unpaired) electrons. The van der Waals surface area contributed by atoms with Crippen molar-refractivity contribution in [1.82, 2.24) is 15.7 Å². The molecule has 3 aromatic rings. The van der Waals surface area contributed by atoms with E-state index in [-0.39, 0.29) is 0 Å². The molecule has 0 saturated heterocycles.